The van der Waals surface area contributed by atoms with Crippen LogP contribution in [0.5, 0.6) is 0 Å². The van der Waals surface area contributed by atoms with Gasteiger partial charge in [0.15, 0.2) is 0 Å². The van der Waals surface area contributed by atoms with E-state index in [1.54, 1.807) is 48.5 Å². The van der Waals surface area contributed by atoms with E-state index in [1.807, 2.05) is 0 Å². The number of rotatable bonds is 9. The summed E-state index contributed by atoms with van der Waals surface area (Å²) in [5.41, 5.74) is 3.47. The molecule has 0 aliphatic carbocycles. The van der Waals surface area contributed by atoms with E-state index in [-0.39, 0.29) is 24.2 Å². The van der Waals surface area contributed by atoms with Crippen molar-refractivity contribution >= 4 is 34.6 Å². The number of benzene rings is 2. The highest BCUT2D eigenvalue weighted by molar-refractivity contribution is 6.31. The second-order valence-corrected chi connectivity index (χ2v) is 9.02. The van der Waals surface area contributed by atoms with Crippen LogP contribution < -0.4 is 16.2 Å². The van der Waals surface area contributed by atoms with Crippen molar-refractivity contribution in [2.24, 2.45) is 0 Å². The molecule has 0 fully saturated rings. The maximum Gasteiger partial charge on any atom is 0.338 e. The molecule has 0 bridgehead atoms. The van der Waals surface area contributed by atoms with Gasteiger partial charge in [0.1, 0.15) is 6.61 Å². The monoisotopic (exact) mass is 541 g/mol. The van der Waals surface area contributed by atoms with Gasteiger partial charge < -0.3 is 20.4 Å². The van der Waals surface area contributed by atoms with Gasteiger partial charge in [0.25, 0.3) is 5.56 Å². The number of allylic oxidation sites excluding steroid dienone is 5. The number of nitrogens with one attached hydrogen (secondary N) is 3. The minimum Gasteiger partial charge on any atom is -0.457 e. The Balaban J connectivity index is 1.75. The lowest BCUT2D eigenvalue weighted by atomic mass is 9.92. The maximum absolute atomic E-state index is 13.6. The summed E-state index contributed by atoms with van der Waals surface area (Å²) in [6.07, 6.45) is 4.88. The molecule has 2 aromatic carbocycles. The van der Waals surface area contributed by atoms with Gasteiger partial charge in [-0.2, -0.15) is 5.26 Å². The molecule has 1 unspecified atom stereocenters. The molecule has 1 aliphatic heterocycles. The number of halogens is 1. The number of urea groups is 1. The van der Waals surface area contributed by atoms with Gasteiger partial charge in [-0.25, -0.2) is 14.6 Å². The Kier molecular flexibility index (Phi) is 8.39. The molecular formula is C29H24ClN5O4. The van der Waals surface area contributed by atoms with Crippen LogP contribution in [0.25, 0.3) is 11.0 Å². The van der Waals surface area contributed by atoms with E-state index >= 15 is 0 Å². The van der Waals surface area contributed by atoms with Crippen LogP contribution in [-0.2, 0) is 16.1 Å². The molecular weight excluding hydrogens is 518 g/mol. The van der Waals surface area contributed by atoms with Gasteiger partial charge in [-0.1, -0.05) is 55.1 Å². The minimum absolute atomic E-state index is 0.0825. The summed E-state index contributed by atoms with van der Waals surface area (Å²) in [6.45, 7) is 7.37. The zero-order valence-corrected chi connectivity index (χ0v) is 21.5. The van der Waals surface area contributed by atoms with Crippen molar-refractivity contribution in [1.82, 2.24) is 20.6 Å². The molecule has 0 saturated heterocycles. The van der Waals surface area contributed by atoms with Crippen LogP contribution >= 0.6 is 11.6 Å². The highest BCUT2D eigenvalue weighted by Gasteiger charge is 2.34. The SMILES string of the molecule is C=C/C(Cl)=C(\C=C)CCC1=C(C(=O)OCc2cccc(C#N)c2)C(c2ccc3ncc(=O)[nH]c3c2)NC(=O)N1. The third kappa shape index (κ3) is 6.32. The first kappa shape index (κ1) is 27.1. The first-order chi connectivity index (χ1) is 18.8. The fourth-order valence-electron chi connectivity index (χ4n) is 4.21. The predicted octanol–water partition coefficient (Wildman–Crippen LogP) is 4.79. The third-order valence-corrected chi connectivity index (χ3v) is 6.51. The molecule has 3 aromatic rings. The number of carbonyl (C=O) groups is 2. The summed E-state index contributed by atoms with van der Waals surface area (Å²) >= 11 is 6.24. The Bertz CT molecular complexity index is 1650. The predicted molar refractivity (Wildman–Crippen MR) is 147 cm³/mol. The highest BCUT2D eigenvalue weighted by Crippen LogP contribution is 2.32. The molecule has 0 saturated carbocycles. The van der Waals surface area contributed by atoms with Gasteiger partial charge in [-0.15, -0.1) is 0 Å². The number of hydrogen-bond donors (Lipinski definition) is 3. The maximum atomic E-state index is 13.6. The number of esters is 1. The number of fused-ring (bicyclic) bond motifs is 1. The first-order valence-corrected chi connectivity index (χ1v) is 12.3. The molecule has 1 aromatic heterocycles. The van der Waals surface area contributed by atoms with Crippen LogP contribution in [0.2, 0.25) is 0 Å². The van der Waals surface area contributed by atoms with Crippen molar-refractivity contribution in [3.05, 3.63) is 123 Å². The first-order valence-electron chi connectivity index (χ1n) is 11.9. The molecule has 2 heterocycles. The van der Waals surface area contributed by atoms with E-state index in [0.717, 1.165) is 0 Å². The van der Waals surface area contributed by atoms with E-state index < -0.39 is 18.0 Å². The molecule has 1 atom stereocenters. The Hall–Kier alpha value is -4.94. The van der Waals surface area contributed by atoms with Crippen LogP contribution in [0.4, 0.5) is 4.79 Å². The molecule has 2 amide bonds. The van der Waals surface area contributed by atoms with Crippen LogP contribution in [0, 0.1) is 11.3 Å². The lowest BCUT2D eigenvalue weighted by Gasteiger charge is -2.29. The molecule has 10 heteroatoms. The van der Waals surface area contributed by atoms with Crippen molar-refractivity contribution in [3.63, 3.8) is 0 Å². The van der Waals surface area contributed by atoms with Gasteiger partial charge in [0, 0.05) is 10.7 Å². The van der Waals surface area contributed by atoms with E-state index in [2.05, 4.69) is 39.8 Å². The Morgan fingerprint density at radius 2 is 2.00 bits per heavy atom. The molecule has 3 N–H and O–H groups in total. The average molecular weight is 542 g/mol. The van der Waals surface area contributed by atoms with Gasteiger partial charge in [-0.05, 0) is 53.8 Å². The van der Waals surface area contributed by atoms with Gasteiger partial charge >= 0.3 is 12.0 Å². The van der Waals surface area contributed by atoms with Crippen molar-refractivity contribution in [1.29, 1.82) is 5.26 Å². The summed E-state index contributed by atoms with van der Waals surface area (Å²) < 4.78 is 5.65. The summed E-state index contributed by atoms with van der Waals surface area (Å²) in [7, 11) is 0. The second-order valence-electron chi connectivity index (χ2n) is 8.62. The number of aromatic amines is 1. The van der Waals surface area contributed by atoms with Crippen LogP contribution in [0.1, 0.15) is 35.6 Å². The largest absolute Gasteiger partial charge is 0.457 e. The zero-order chi connectivity index (χ0) is 27.9. The van der Waals surface area contributed by atoms with Gasteiger partial charge in [-0.3, -0.25) is 4.79 Å². The molecule has 39 heavy (non-hydrogen) atoms. The van der Waals surface area contributed by atoms with Gasteiger partial charge in [0.2, 0.25) is 0 Å². The van der Waals surface area contributed by atoms with E-state index in [0.29, 0.717) is 50.4 Å². The van der Waals surface area contributed by atoms with Crippen LogP contribution in [-0.4, -0.2) is 22.0 Å². The summed E-state index contributed by atoms with van der Waals surface area (Å²) in [4.78, 5) is 44.9. The van der Waals surface area contributed by atoms with Crippen molar-refractivity contribution in [2.45, 2.75) is 25.5 Å². The van der Waals surface area contributed by atoms with Crippen molar-refractivity contribution in [3.8, 4) is 6.07 Å². The molecule has 0 radical (unpaired) electrons. The summed E-state index contributed by atoms with van der Waals surface area (Å²) in [5, 5.41) is 15.1. The molecule has 0 spiro atoms. The lowest BCUT2D eigenvalue weighted by molar-refractivity contribution is -0.140. The fraction of sp³-hybridized carbons (Fsp3) is 0.138. The van der Waals surface area contributed by atoms with Gasteiger partial charge in [0.05, 0.1) is 40.5 Å². The smallest absolute Gasteiger partial charge is 0.338 e. The molecule has 196 valence electrons. The van der Waals surface area contributed by atoms with Crippen LogP contribution in [0.3, 0.4) is 0 Å². The zero-order valence-electron chi connectivity index (χ0n) is 20.8. The van der Waals surface area contributed by atoms with Crippen LogP contribution in [0.15, 0.2) is 101 Å². The Morgan fingerprint density at radius 3 is 2.74 bits per heavy atom. The normalized spacial score (nSPS) is 15.5. The van der Waals surface area contributed by atoms with E-state index in [9.17, 15) is 19.6 Å². The van der Waals surface area contributed by atoms with Crippen molar-refractivity contribution < 1.29 is 14.3 Å². The Morgan fingerprint density at radius 1 is 1.18 bits per heavy atom. The summed E-state index contributed by atoms with van der Waals surface area (Å²) in [5.74, 6) is -0.663. The van der Waals surface area contributed by atoms with Crippen molar-refractivity contribution in [2.75, 3.05) is 0 Å². The number of carbonyl (C=O) groups excluding carboxylic acids is 2. The number of nitriles is 1. The minimum atomic E-state index is -0.883. The number of H-pyrrole nitrogens is 1. The number of aromatic nitrogens is 2. The third-order valence-electron chi connectivity index (χ3n) is 6.11. The molecule has 1 aliphatic rings. The lowest BCUT2D eigenvalue weighted by Crippen LogP contribution is -2.46. The quantitative estimate of drug-likeness (QED) is 0.263. The number of hydrogen-bond acceptors (Lipinski definition) is 6. The molecule has 9 nitrogen and oxygen atoms in total. The number of amides is 2. The summed E-state index contributed by atoms with van der Waals surface area (Å²) in [6, 6.07) is 12.5. The number of nitrogens with zero attached hydrogens (tertiary/aromatic N) is 2. The second kappa shape index (κ2) is 12.1. The number of ether oxygens (including phenoxy) is 1. The topological polar surface area (TPSA) is 137 Å². The standard InChI is InChI=1S/C29H24ClN5O4/c1-3-19(21(30)4-2)8-11-23-26(28(37)39-16-18-7-5-6-17(12-18)14-31)27(35-29(38)34-23)20-9-10-22-24(13-20)33-25(36)15-32-22/h3-7,9-10,12-13,15,27H,1-2,8,11,16H2,(H,33,36)(H2,34,35,38)/b21-19-. The average Bonchev–Trinajstić information content (AvgIpc) is 2.95. The fourth-order valence-corrected chi connectivity index (χ4v) is 4.38. The van der Waals surface area contributed by atoms with E-state index in [4.69, 9.17) is 16.3 Å². The Labute approximate surface area is 229 Å². The molecule has 4 rings (SSSR count). The van der Waals surface area contributed by atoms with E-state index in [1.165, 1.54) is 12.3 Å². The highest BCUT2D eigenvalue weighted by atomic mass is 35.5.